The van der Waals surface area contributed by atoms with E-state index in [9.17, 15) is 18.3 Å². The number of hydrogen-bond acceptors (Lipinski definition) is 4. The van der Waals surface area contributed by atoms with Gasteiger partial charge in [-0.25, -0.2) is 13.2 Å². The Morgan fingerprint density at radius 1 is 1.03 bits per heavy atom. The summed E-state index contributed by atoms with van der Waals surface area (Å²) in [6.45, 7) is 1.74. The highest BCUT2D eigenvalue weighted by molar-refractivity contribution is 9.10. The van der Waals surface area contributed by atoms with Crippen molar-refractivity contribution >= 4 is 31.9 Å². The zero-order valence-corrected chi connectivity index (χ0v) is 21.1. The first-order valence-electron chi connectivity index (χ1n) is 10.7. The Hall–Kier alpha value is -2.94. The first-order chi connectivity index (χ1) is 16.2. The van der Waals surface area contributed by atoms with Gasteiger partial charge in [-0.15, -0.1) is 0 Å². The number of aliphatic carboxylic acids is 1. The van der Waals surface area contributed by atoms with E-state index in [0.29, 0.717) is 16.9 Å². The van der Waals surface area contributed by atoms with Gasteiger partial charge >= 0.3 is 5.97 Å². The standard InChI is InChI=1S/C26H24BrNO5S/c1-17-6-3-4-9-24(17)34(31,32)28-23(18-10-12-21(33-2)13-11-18)15-14-22(26(29)30)25(28)19-7-5-8-20(27)16-19/h3-14,16,23,25H,15H2,1-2H3,(H,29,30)/t23-,25-/m0/s1. The molecule has 0 amide bonds. The molecular weight excluding hydrogens is 518 g/mol. The van der Waals surface area contributed by atoms with Crippen LogP contribution in [0, 0.1) is 6.92 Å². The summed E-state index contributed by atoms with van der Waals surface area (Å²) < 4.78 is 35.8. The molecule has 3 aromatic carbocycles. The van der Waals surface area contributed by atoms with Gasteiger partial charge in [0, 0.05) is 4.47 Å². The molecule has 0 spiro atoms. The molecule has 176 valence electrons. The molecule has 4 rings (SSSR count). The smallest absolute Gasteiger partial charge is 0.333 e. The summed E-state index contributed by atoms with van der Waals surface area (Å²) in [5.41, 5.74) is 1.94. The summed E-state index contributed by atoms with van der Waals surface area (Å²) in [6.07, 6.45) is 1.86. The van der Waals surface area contributed by atoms with E-state index in [1.165, 1.54) is 4.31 Å². The topological polar surface area (TPSA) is 83.9 Å². The molecule has 3 aromatic rings. The van der Waals surface area contributed by atoms with Gasteiger partial charge in [0.2, 0.25) is 10.0 Å². The lowest BCUT2D eigenvalue weighted by Gasteiger charge is -2.41. The number of rotatable bonds is 6. The minimum atomic E-state index is -4.10. The van der Waals surface area contributed by atoms with Gasteiger partial charge in [0.15, 0.2) is 0 Å². The molecule has 0 unspecified atom stereocenters. The van der Waals surface area contributed by atoms with E-state index >= 15 is 0 Å². The van der Waals surface area contributed by atoms with Crippen LogP contribution in [0.4, 0.5) is 0 Å². The predicted molar refractivity (Wildman–Crippen MR) is 133 cm³/mol. The molecular formula is C26H24BrNO5S. The fourth-order valence-electron chi connectivity index (χ4n) is 4.35. The van der Waals surface area contributed by atoms with Crippen LogP contribution in [0.2, 0.25) is 0 Å². The van der Waals surface area contributed by atoms with E-state index in [0.717, 1.165) is 10.0 Å². The van der Waals surface area contributed by atoms with Crippen molar-refractivity contribution in [1.82, 2.24) is 4.31 Å². The molecule has 1 N–H and O–H groups in total. The number of carbonyl (C=O) groups is 1. The van der Waals surface area contributed by atoms with E-state index in [1.807, 2.05) is 18.2 Å². The average Bonchev–Trinajstić information content (AvgIpc) is 2.83. The number of aryl methyl sites for hydroxylation is 1. The Morgan fingerprint density at radius 3 is 2.35 bits per heavy atom. The van der Waals surface area contributed by atoms with Crippen LogP contribution in [-0.4, -0.2) is 30.9 Å². The molecule has 1 aliphatic heterocycles. The average molecular weight is 542 g/mol. The monoisotopic (exact) mass is 541 g/mol. The van der Waals surface area contributed by atoms with Gasteiger partial charge in [0.05, 0.1) is 29.7 Å². The highest BCUT2D eigenvalue weighted by atomic mass is 79.9. The second-order valence-corrected chi connectivity index (χ2v) is 10.8. The molecule has 1 heterocycles. The van der Waals surface area contributed by atoms with Gasteiger partial charge in [0.1, 0.15) is 5.75 Å². The van der Waals surface area contributed by atoms with Crippen molar-refractivity contribution in [2.45, 2.75) is 30.3 Å². The maximum atomic E-state index is 14.2. The maximum Gasteiger partial charge on any atom is 0.333 e. The Labute approximate surface area is 207 Å². The fraction of sp³-hybridized carbons (Fsp3) is 0.192. The van der Waals surface area contributed by atoms with Crippen molar-refractivity contribution < 1.29 is 23.1 Å². The van der Waals surface area contributed by atoms with Gasteiger partial charge in [-0.2, -0.15) is 4.31 Å². The molecule has 0 radical (unpaired) electrons. The van der Waals surface area contributed by atoms with Crippen LogP contribution in [-0.2, 0) is 14.8 Å². The van der Waals surface area contributed by atoms with Crippen LogP contribution in [0.5, 0.6) is 5.75 Å². The third kappa shape index (κ3) is 4.53. The lowest BCUT2D eigenvalue weighted by molar-refractivity contribution is -0.133. The number of sulfonamides is 1. The molecule has 0 aromatic heterocycles. The molecule has 0 fully saturated rings. The van der Waals surface area contributed by atoms with Crippen molar-refractivity contribution in [3.8, 4) is 5.75 Å². The maximum absolute atomic E-state index is 14.2. The number of carboxylic acids is 1. The lowest BCUT2D eigenvalue weighted by Crippen LogP contribution is -2.42. The van der Waals surface area contributed by atoms with Crippen LogP contribution in [0.15, 0.2) is 93.8 Å². The summed E-state index contributed by atoms with van der Waals surface area (Å²) >= 11 is 3.44. The van der Waals surface area contributed by atoms with Crippen LogP contribution in [0.25, 0.3) is 0 Å². The van der Waals surface area contributed by atoms with Gasteiger partial charge < -0.3 is 9.84 Å². The fourth-order valence-corrected chi connectivity index (χ4v) is 6.78. The minimum absolute atomic E-state index is 0.0278. The molecule has 2 atom stereocenters. The predicted octanol–water partition coefficient (Wildman–Crippen LogP) is 5.65. The summed E-state index contributed by atoms with van der Waals surface area (Å²) in [7, 11) is -2.53. The normalized spacial score (nSPS) is 18.9. The Bertz CT molecular complexity index is 1350. The van der Waals surface area contributed by atoms with Crippen molar-refractivity contribution in [2.75, 3.05) is 7.11 Å². The number of carboxylic acid groups (broad SMARTS) is 1. The lowest BCUT2D eigenvalue weighted by atomic mass is 9.89. The van der Waals surface area contributed by atoms with Crippen LogP contribution in [0.1, 0.15) is 35.2 Å². The van der Waals surface area contributed by atoms with Crippen molar-refractivity contribution in [3.63, 3.8) is 0 Å². The molecule has 0 saturated heterocycles. The molecule has 1 aliphatic rings. The summed E-state index contributed by atoms with van der Waals surface area (Å²) in [4.78, 5) is 12.5. The van der Waals surface area contributed by atoms with E-state index in [4.69, 9.17) is 4.74 Å². The van der Waals surface area contributed by atoms with E-state index in [2.05, 4.69) is 15.9 Å². The van der Waals surface area contributed by atoms with Crippen LogP contribution in [0.3, 0.4) is 0 Å². The third-order valence-corrected chi connectivity index (χ3v) is 8.51. The molecule has 0 aliphatic carbocycles. The first kappa shape index (κ1) is 24.2. The second-order valence-electron chi connectivity index (χ2n) is 8.05. The van der Waals surface area contributed by atoms with E-state index in [-0.39, 0.29) is 16.9 Å². The minimum Gasteiger partial charge on any atom is -0.497 e. The molecule has 34 heavy (non-hydrogen) atoms. The largest absolute Gasteiger partial charge is 0.497 e. The zero-order valence-electron chi connectivity index (χ0n) is 18.7. The number of halogens is 1. The Morgan fingerprint density at radius 2 is 1.74 bits per heavy atom. The SMILES string of the molecule is COc1ccc([C@@H]2CC=C(C(=O)O)[C@H](c3cccc(Br)c3)N2S(=O)(=O)c2ccccc2C)cc1. The van der Waals surface area contributed by atoms with Crippen molar-refractivity contribution in [3.05, 3.63) is 106 Å². The van der Waals surface area contributed by atoms with Crippen molar-refractivity contribution in [2.24, 2.45) is 0 Å². The van der Waals surface area contributed by atoms with Crippen LogP contribution < -0.4 is 4.74 Å². The van der Waals surface area contributed by atoms with E-state index in [1.54, 1.807) is 74.7 Å². The van der Waals surface area contributed by atoms with Crippen molar-refractivity contribution in [1.29, 1.82) is 0 Å². The summed E-state index contributed by atoms with van der Waals surface area (Å²) in [5.74, 6) is -0.499. The Kier molecular flexibility index (Phi) is 6.93. The van der Waals surface area contributed by atoms with Gasteiger partial charge in [0.25, 0.3) is 0 Å². The van der Waals surface area contributed by atoms with Gasteiger partial charge in [-0.3, -0.25) is 0 Å². The third-order valence-electron chi connectivity index (χ3n) is 5.98. The number of hydrogen-bond donors (Lipinski definition) is 1. The Balaban J connectivity index is 1.98. The molecule has 0 saturated carbocycles. The number of nitrogens with zero attached hydrogens (tertiary/aromatic N) is 1. The number of methoxy groups -OCH3 is 1. The quantitative estimate of drug-likeness (QED) is 0.435. The number of benzene rings is 3. The zero-order chi connectivity index (χ0) is 24.5. The second kappa shape index (κ2) is 9.74. The summed E-state index contributed by atoms with van der Waals surface area (Å²) in [5, 5.41) is 10.1. The summed E-state index contributed by atoms with van der Waals surface area (Å²) in [6, 6.07) is 19.4. The van der Waals surface area contributed by atoms with Gasteiger partial charge in [-0.05, 0) is 60.4 Å². The first-order valence-corrected chi connectivity index (χ1v) is 12.9. The van der Waals surface area contributed by atoms with Gasteiger partial charge in [-0.1, -0.05) is 64.5 Å². The highest BCUT2D eigenvalue weighted by Gasteiger charge is 2.44. The van der Waals surface area contributed by atoms with Crippen LogP contribution >= 0.6 is 15.9 Å². The van der Waals surface area contributed by atoms with E-state index < -0.39 is 28.1 Å². The molecule has 6 nitrogen and oxygen atoms in total. The molecule has 8 heteroatoms. The highest BCUT2D eigenvalue weighted by Crippen LogP contribution is 2.46. The molecule has 0 bridgehead atoms. The number of ether oxygens (including phenoxy) is 1.